The Labute approximate surface area is 133 Å². The third-order valence-corrected chi connectivity index (χ3v) is 4.26. The van der Waals surface area contributed by atoms with Crippen LogP contribution in [0.1, 0.15) is 15.9 Å². The second-order valence-electron chi connectivity index (χ2n) is 5.32. The van der Waals surface area contributed by atoms with Crippen molar-refractivity contribution < 1.29 is 14.3 Å². The molecule has 4 nitrogen and oxygen atoms in total. The predicted molar refractivity (Wildman–Crippen MR) is 84.3 cm³/mol. The first-order chi connectivity index (χ1) is 10.7. The van der Waals surface area contributed by atoms with Gasteiger partial charge >= 0.3 is 0 Å². The van der Waals surface area contributed by atoms with Crippen LogP contribution in [-0.2, 0) is 6.42 Å². The normalized spacial score (nSPS) is 15.6. The Hall–Kier alpha value is -2.20. The van der Waals surface area contributed by atoms with Gasteiger partial charge in [-0.05, 0) is 30.2 Å². The van der Waals surface area contributed by atoms with Gasteiger partial charge in [-0.15, -0.1) is 0 Å². The summed E-state index contributed by atoms with van der Waals surface area (Å²) in [4.78, 5) is 14.6. The Morgan fingerprint density at radius 3 is 2.86 bits per heavy atom. The van der Waals surface area contributed by atoms with E-state index in [-0.39, 0.29) is 5.91 Å². The largest absolute Gasteiger partial charge is 0.486 e. The van der Waals surface area contributed by atoms with Gasteiger partial charge in [0.25, 0.3) is 5.91 Å². The number of ether oxygens (including phenoxy) is 2. The maximum Gasteiger partial charge on any atom is 0.258 e. The quantitative estimate of drug-likeness (QED) is 0.810. The molecule has 0 aliphatic carbocycles. The highest BCUT2D eigenvalue weighted by atomic mass is 35.5. The van der Waals surface area contributed by atoms with Crippen LogP contribution < -0.4 is 14.4 Å². The molecule has 0 bridgehead atoms. The number of halogens is 1. The summed E-state index contributed by atoms with van der Waals surface area (Å²) in [5.41, 5.74) is 2.68. The topological polar surface area (TPSA) is 38.8 Å². The lowest BCUT2D eigenvalue weighted by Crippen LogP contribution is -2.29. The highest BCUT2D eigenvalue weighted by molar-refractivity contribution is 6.33. The van der Waals surface area contributed by atoms with Crippen molar-refractivity contribution in [2.24, 2.45) is 0 Å². The van der Waals surface area contributed by atoms with E-state index in [1.807, 2.05) is 18.2 Å². The van der Waals surface area contributed by atoms with Crippen LogP contribution in [0.4, 0.5) is 5.69 Å². The first kappa shape index (κ1) is 13.5. The van der Waals surface area contributed by atoms with Crippen LogP contribution in [0.5, 0.6) is 11.5 Å². The number of carbonyl (C=O) groups is 1. The second-order valence-corrected chi connectivity index (χ2v) is 5.72. The minimum atomic E-state index is -0.0659. The van der Waals surface area contributed by atoms with E-state index in [4.69, 9.17) is 21.1 Å². The molecule has 2 aromatic rings. The molecule has 0 fully saturated rings. The Morgan fingerprint density at radius 2 is 1.95 bits per heavy atom. The van der Waals surface area contributed by atoms with Gasteiger partial charge in [0.2, 0.25) is 0 Å². The van der Waals surface area contributed by atoms with Gasteiger partial charge in [-0.2, -0.15) is 0 Å². The molecule has 0 unspecified atom stereocenters. The van der Waals surface area contributed by atoms with E-state index in [1.54, 1.807) is 17.0 Å². The molecule has 0 atom stereocenters. The molecule has 0 saturated heterocycles. The number of hydrogen-bond acceptors (Lipinski definition) is 3. The molecule has 5 heteroatoms. The monoisotopic (exact) mass is 315 g/mol. The fourth-order valence-electron chi connectivity index (χ4n) is 2.94. The van der Waals surface area contributed by atoms with Crippen molar-refractivity contribution in [1.82, 2.24) is 0 Å². The number of hydrogen-bond donors (Lipinski definition) is 0. The summed E-state index contributed by atoms with van der Waals surface area (Å²) in [6.07, 6.45) is 0.875. The number of nitrogens with zero attached hydrogens (tertiary/aromatic N) is 1. The molecule has 2 aromatic carbocycles. The van der Waals surface area contributed by atoms with E-state index in [0.717, 1.165) is 12.1 Å². The van der Waals surface area contributed by atoms with Gasteiger partial charge in [0.15, 0.2) is 11.5 Å². The second kappa shape index (κ2) is 5.21. The van der Waals surface area contributed by atoms with Crippen molar-refractivity contribution in [3.8, 4) is 11.5 Å². The molecule has 112 valence electrons. The summed E-state index contributed by atoms with van der Waals surface area (Å²) >= 11 is 6.22. The lowest BCUT2D eigenvalue weighted by Gasteiger charge is -2.22. The zero-order valence-corrected chi connectivity index (χ0v) is 12.6. The van der Waals surface area contributed by atoms with Crippen molar-refractivity contribution in [3.63, 3.8) is 0 Å². The Kier molecular flexibility index (Phi) is 3.19. The third-order valence-electron chi connectivity index (χ3n) is 3.98. The van der Waals surface area contributed by atoms with Gasteiger partial charge in [0.1, 0.15) is 13.2 Å². The predicted octanol–water partition coefficient (Wildman–Crippen LogP) is 3.31. The number of amides is 1. The van der Waals surface area contributed by atoms with Crippen LogP contribution in [0, 0.1) is 0 Å². The highest BCUT2D eigenvalue weighted by Gasteiger charge is 2.27. The van der Waals surface area contributed by atoms with E-state index >= 15 is 0 Å². The van der Waals surface area contributed by atoms with E-state index in [1.165, 1.54) is 5.56 Å². The first-order valence-corrected chi connectivity index (χ1v) is 7.61. The molecule has 1 amide bonds. The molecular weight excluding hydrogens is 302 g/mol. The fourth-order valence-corrected chi connectivity index (χ4v) is 3.20. The maximum atomic E-state index is 12.8. The van der Waals surface area contributed by atoms with Gasteiger partial charge in [-0.1, -0.05) is 29.8 Å². The number of para-hydroxylation sites is 1. The van der Waals surface area contributed by atoms with Crippen LogP contribution in [0.15, 0.2) is 36.4 Å². The molecule has 2 aliphatic heterocycles. The van der Waals surface area contributed by atoms with E-state index in [9.17, 15) is 4.79 Å². The SMILES string of the molecule is O=C(c1cc(Cl)c2c(c1)OCCO2)N1CCc2ccccc21. The van der Waals surface area contributed by atoms with Crippen molar-refractivity contribution >= 4 is 23.2 Å². The van der Waals surface area contributed by atoms with Gasteiger partial charge in [-0.3, -0.25) is 4.79 Å². The molecule has 0 saturated carbocycles. The van der Waals surface area contributed by atoms with Crippen molar-refractivity contribution in [2.45, 2.75) is 6.42 Å². The first-order valence-electron chi connectivity index (χ1n) is 7.23. The number of anilines is 1. The summed E-state index contributed by atoms with van der Waals surface area (Å²) < 4.78 is 11.0. The lowest BCUT2D eigenvalue weighted by molar-refractivity contribution is 0.0988. The summed E-state index contributed by atoms with van der Waals surface area (Å²) in [5, 5.41) is 0.410. The summed E-state index contributed by atoms with van der Waals surface area (Å²) in [6.45, 7) is 1.62. The standard InChI is InChI=1S/C17H14ClNO3/c18-13-9-12(10-15-16(13)22-8-7-21-15)17(20)19-6-5-11-3-1-2-4-14(11)19/h1-4,9-10H,5-8H2. The zero-order chi connectivity index (χ0) is 15.1. The molecule has 2 heterocycles. The molecular formula is C17H14ClNO3. The number of rotatable bonds is 1. The number of fused-ring (bicyclic) bond motifs is 2. The Morgan fingerprint density at radius 1 is 1.14 bits per heavy atom. The smallest absolute Gasteiger partial charge is 0.258 e. The third kappa shape index (κ3) is 2.11. The molecule has 0 aromatic heterocycles. The van der Waals surface area contributed by atoms with Crippen molar-refractivity contribution in [3.05, 3.63) is 52.5 Å². The maximum absolute atomic E-state index is 12.8. The summed E-state index contributed by atoms with van der Waals surface area (Å²) in [5.74, 6) is 0.990. The van der Waals surface area contributed by atoms with Crippen LogP contribution >= 0.6 is 11.6 Å². The minimum absolute atomic E-state index is 0.0659. The van der Waals surface area contributed by atoms with Crippen LogP contribution in [-0.4, -0.2) is 25.7 Å². The summed E-state index contributed by atoms with van der Waals surface area (Å²) in [6, 6.07) is 11.3. The van der Waals surface area contributed by atoms with Gasteiger partial charge in [0.05, 0.1) is 5.02 Å². The number of benzene rings is 2. The molecule has 2 aliphatic rings. The van der Waals surface area contributed by atoms with E-state index in [2.05, 4.69) is 6.07 Å². The molecule has 22 heavy (non-hydrogen) atoms. The van der Waals surface area contributed by atoms with Gasteiger partial charge in [-0.25, -0.2) is 0 Å². The molecule has 0 spiro atoms. The minimum Gasteiger partial charge on any atom is -0.486 e. The highest BCUT2D eigenvalue weighted by Crippen LogP contribution is 2.39. The lowest BCUT2D eigenvalue weighted by atomic mass is 10.1. The molecule has 4 rings (SSSR count). The van der Waals surface area contributed by atoms with E-state index < -0.39 is 0 Å². The zero-order valence-electron chi connectivity index (χ0n) is 11.8. The summed E-state index contributed by atoms with van der Waals surface area (Å²) in [7, 11) is 0. The average molecular weight is 316 g/mol. The van der Waals surface area contributed by atoms with Gasteiger partial charge < -0.3 is 14.4 Å². The Balaban J connectivity index is 1.71. The molecule has 0 N–H and O–H groups in total. The average Bonchev–Trinajstić information content (AvgIpc) is 2.98. The fraction of sp³-hybridized carbons (Fsp3) is 0.235. The van der Waals surface area contributed by atoms with Crippen molar-refractivity contribution in [1.29, 1.82) is 0 Å². The van der Waals surface area contributed by atoms with Gasteiger partial charge in [0, 0.05) is 17.8 Å². The van der Waals surface area contributed by atoms with E-state index in [0.29, 0.717) is 41.8 Å². The Bertz CT molecular complexity index is 760. The number of carbonyl (C=O) groups excluding carboxylic acids is 1. The van der Waals surface area contributed by atoms with Crippen LogP contribution in [0.2, 0.25) is 5.02 Å². The van der Waals surface area contributed by atoms with Crippen LogP contribution in [0.3, 0.4) is 0 Å². The van der Waals surface area contributed by atoms with Crippen LogP contribution in [0.25, 0.3) is 0 Å². The van der Waals surface area contributed by atoms with Crippen molar-refractivity contribution in [2.75, 3.05) is 24.7 Å². The molecule has 0 radical (unpaired) electrons.